The molecule has 46 heavy (non-hydrogen) atoms. The summed E-state index contributed by atoms with van der Waals surface area (Å²) < 4.78 is 27.2. The molecule has 19 heteroatoms. The molecule has 1 aromatic heterocycles. The number of phenols is 5. The minimum atomic E-state index is -2.07. The quantitative estimate of drug-likeness (QED) is 0.109. The van der Waals surface area contributed by atoms with E-state index in [1.165, 1.54) is 0 Å². The van der Waals surface area contributed by atoms with E-state index in [0.29, 0.717) is 0 Å². The van der Waals surface area contributed by atoms with Crippen LogP contribution in [0.2, 0.25) is 0 Å². The second kappa shape index (κ2) is 12.6. The molecule has 2 aliphatic rings. The number of ether oxygens (including phenoxy) is 4. The number of fused-ring (bicyclic) bond motifs is 1. The van der Waals surface area contributed by atoms with Crippen LogP contribution < -0.4 is 14.9 Å². The topological polar surface area (TPSA) is 330 Å². The highest BCUT2D eigenvalue weighted by Gasteiger charge is 2.47. The van der Waals surface area contributed by atoms with E-state index < -0.39 is 137 Å². The average molecular weight is 659 g/mol. The van der Waals surface area contributed by atoms with Crippen LogP contribution in [0.5, 0.6) is 40.2 Å². The van der Waals surface area contributed by atoms with Gasteiger partial charge in [-0.1, -0.05) is 0 Å². The number of phenolic OH excluding ortho intramolecular Hbond substituents is 5. The standard InChI is InChI=1S/C27H30O19/c28-4-11-15(34)18(37)20(39)26(43-11)45-24-17(36)13-7(30)3-10(6-1-8(31)14(33)9(32)2-6)42-23(13)25(22(24)41)46-27-21(40)19(38)16(35)12(5-29)44-27/h1-3,11-12,15-16,18-21,26-29,31-41H,4-5H2/t11-,12-,15-,16-,18+,19+,20-,21-,26+,27+/m1/s1. The first-order valence-corrected chi connectivity index (χ1v) is 13.4. The zero-order chi connectivity index (χ0) is 33.8. The Balaban J connectivity index is 1.70. The summed E-state index contributed by atoms with van der Waals surface area (Å²) in [7, 11) is 0. The first-order chi connectivity index (χ1) is 21.7. The molecule has 19 nitrogen and oxygen atoms in total. The lowest BCUT2D eigenvalue weighted by Gasteiger charge is -2.40. The molecule has 10 atom stereocenters. The number of aromatic hydroxyl groups is 5. The number of aliphatic hydroxyl groups excluding tert-OH is 8. The fraction of sp³-hybridized carbons (Fsp3) is 0.444. The van der Waals surface area contributed by atoms with Crippen molar-refractivity contribution in [3.63, 3.8) is 0 Å². The van der Waals surface area contributed by atoms with Crippen LogP contribution >= 0.6 is 0 Å². The Hall–Kier alpha value is -4.15. The molecule has 5 rings (SSSR count). The Morgan fingerprint density at radius 2 is 1.09 bits per heavy atom. The van der Waals surface area contributed by atoms with Crippen LogP contribution in [0.3, 0.4) is 0 Å². The van der Waals surface area contributed by atoms with E-state index in [2.05, 4.69) is 0 Å². The third-order valence-electron chi connectivity index (χ3n) is 7.56. The Morgan fingerprint density at radius 1 is 0.609 bits per heavy atom. The molecule has 3 heterocycles. The van der Waals surface area contributed by atoms with Gasteiger partial charge in [0.15, 0.2) is 34.0 Å². The monoisotopic (exact) mass is 658 g/mol. The maximum atomic E-state index is 13.4. The number of rotatable bonds is 7. The molecule has 0 aliphatic carbocycles. The Bertz CT molecular complexity index is 1630. The van der Waals surface area contributed by atoms with Gasteiger partial charge in [-0.25, -0.2) is 0 Å². The van der Waals surface area contributed by atoms with Crippen molar-refractivity contribution in [2.45, 2.75) is 61.4 Å². The summed E-state index contributed by atoms with van der Waals surface area (Å²) in [5.41, 5.74) is -2.12. The third kappa shape index (κ3) is 5.58. The summed E-state index contributed by atoms with van der Waals surface area (Å²) in [6.45, 7) is -1.76. The van der Waals surface area contributed by atoms with Crippen LogP contribution in [0.25, 0.3) is 22.3 Å². The Kier molecular flexibility index (Phi) is 9.07. The van der Waals surface area contributed by atoms with Crippen LogP contribution in [0.4, 0.5) is 0 Å². The highest BCUT2D eigenvalue weighted by molar-refractivity contribution is 5.95. The molecule has 0 saturated carbocycles. The second-order valence-corrected chi connectivity index (χ2v) is 10.5. The third-order valence-corrected chi connectivity index (χ3v) is 7.56. The maximum Gasteiger partial charge on any atom is 0.229 e. The van der Waals surface area contributed by atoms with Gasteiger partial charge < -0.3 is 89.7 Å². The van der Waals surface area contributed by atoms with Crippen LogP contribution in [-0.4, -0.2) is 141 Å². The molecule has 2 fully saturated rings. The highest BCUT2D eigenvalue weighted by atomic mass is 16.7. The van der Waals surface area contributed by atoms with Crippen molar-refractivity contribution < 1.29 is 89.7 Å². The first-order valence-electron chi connectivity index (χ1n) is 13.4. The SMILES string of the molecule is O=c1cc(-c2cc(O)c(O)c(O)c2)oc2c(O[C@@H]3O[C@H](CO)[C@@H](O)[C@H](O)[C@H]3O)c(O)c(O[C@@H]3O[C@H](CO)[C@@H](O)[C@H](O)[C@H]3O)c(O)c12. The van der Waals surface area contributed by atoms with Gasteiger partial charge in [0.2, 0.25) is 29.8 Å². The molecule has 0 bridgehead atoms. The second-order valence-electron chi connectivity index (χ2n) is 10.5. The molecule has 252 valence electrons. The molecule has 0 amide bonds. The minimum absolute atomic E-state index is 0.216. The van der Waals surface area contributed by atoms with Crippen molar-refractivity contribution in [3.05, 3.63) is 28.4 Å². The van der Waals surface area contributed by atoms with Gasteiger partial charge in [-0.15, -0.1) is 0 Å². The lowest BCUT2D eigenvalue weighted by molar-refractivity contribution is -0.279. The number of hydrogen-bond acceptors (Lipinski definition) is 19. The molecule has 3 aromatic rings. The van der Waals surface area contributed by atoms with Gasteiger partial charge in [0.05, 0.1) is 13.2 Å². The molecular weight excluding hydrogens is 628 g/mol. The van der Waals surface area contributed by atoms with Crippen molar-refractivity contribution >= 4 is 11.0 Å². The predicted octanol–water partition coefficient (Wildman–Crippen LogP) is -3.65. The highest BCUT2D eigenvalue weighted by Crippen LogP contribution is 2.51. The van der Waals surface area contributed by atoms with Crippen LogP contribution in [-0.2, 0) is 9.47 Å². The molecule has 13 N–H and O–H groups in total. The molecule has 0 unspecified atom stereocenters. The van der Waals surface area contributed by atoms with Gasteiger partial charge in [-0.05, 0) is 12.1 Å². The number of hydrogen-bond donors (Lipinski definition) is 13. The van der Waals surface area contributed by atoms with E-state index in [1.54, 1.807) is 0 Å². The lowest BCUT2D eigenvalue weighted by Crippen LogP contribution is -2.60. The van der Waals surface area contributed by atoms with E-state index in [4.69, 9.17) is 23.4 Å². The summed E-state index contributed by atoms with van der Waals surface area (Å²) in [5, 5.41) is 132. The summed E-state index contributed by atoms with van der Waals surface area (Å²) >= 11 is 0. The minimum Gasteiger partial charge on any atom is -0.504 e. The van der Waals surface area contributed by atoms with E-state index in [0.717, 1.165) is 18.2 Å². The zero-order valence-corrected chi connectivity index (χ0v) is 23.2. The van der Waals surface area contributed by atoms with Gasteiger partial charge in [0.1, 0.15) is 60.0 Å². The van der Waals surface area contributed by atoms with Gasteiger partial charge in [-0.2, -0.15) is 0 Å². The molecule has 0 radical (unpaired) electrons. The van der Waals surface area contributed by atoms with Gasteiger partial charge in [-0.3, -0.25) is 4.79 Å². The van der Waals surface area contributed by atoms with E-state index in [9.17, 15) is 71.2 Å². The smallest absolute Gasteiger partial charge is 0.229 e. The van der Waals surface area contributed by atoms with Crippen LogP contribution in [0.1, 0.15) is 0 Å². The van der Waals surface area contributed by atoms with Crippen molar-refractivity contribution in [3.8, 4) is 51.6 Å². The van der Waals surface area contributed by atoms with Crippen LogP contribution in [0, 0.1) is 0 Å². The summed E-state index contributed by atoms with van der Waals surface area (Å²) in [4.78, 5) is 13.4. The number of aliphatic hydroxyl groups is 8. The average Bonchev–Trinajstić information content (AvgIpc) is 3.02. The molecule has 2 aromatic carbocycles. The van der Waals surface area contributed by atoms with Crippen molar-refractivity contribution in [2.75, 3.05) is 13.2 Å². The molecular formula is C27H30O19. The summed E-state index contributed by atoms with van der Waals surface area (Å²) in [6, 6.07) is 2.51. The fourth-order valence-corrected chi connectivity index (χ4v) is 4.99. The first kappa shape index (κ1) is 33.2. The van der Waals surface area contributed by atoms with Gasteiger partial charge >= 0.3 is 0 Å². The van der Waals surface area contributed by atoms with E-state index in [-0.39, 0.29) is 5.56 Å². The predicted molar refractivity (Wildman–Crippen MR) is 145 cm³/mol. The zero-order valence-electron chi connectivity index (χ0n) is 23.2. The van der Waals surface area contributed by atoms with E-state index in [1.807, 2.05) is 0 Å². The fourth-order valence-electron chi connectivity index (χ4n) is 4.99. The molecule has 2 saturated heterocycles. The van der Waals surface area contributed by atoms with E-state index >= 15 is 0 Å². The van der Waals surface area contributed by atoms with Gasteiger partial charge in [0, 0.05) is 11.6 Å². The molecule has 2 aliphatic heterocycles. The van der Waals surface area contributed by atoms with Crippen molar-refractivity contribution in [1.29, 1.82) is 0 Å². The van der Waals surface area contributed by atoms with Crippen LogP contribution in [0.15, 0.2) is 27.4 Å². The number of benzene rings is 2. The van der Waals surface area contributed by atoms with Gasteiger partial charge in [0.25, 0.3) is 0 Å². The van der Waals surface area contributed by atoms with Crippen molar-refractivity contribution in [1.82, 2.24) is 0 Å². The maximum absolute atomic E-state index is 13.4. The summed E-state index contributed by atoms with van der Waals surface area (Å²) in [6.07, 6.45) is -18.7. The Labute approximate surface area is 255 Å². The summed E-state index contributed by atoms with van der Waals surface area (Å²) in [5.74, 6) is -7.43. The van der Waals surface area contributed by atoms with Crippen molar-refractivity contribution in [2.24, 2.45) is 0 Å². The normalized spacial score (nSPS) is 31.6. The molecule has 0 spiro atoms. The largest absolute Gasteiger partial charge is 0.504 e. The lowest BCUT2D eigenvalue weighted by atomic mass is 9.99. The Morgan fingerprint density at radius 3 is 1.57 bits per heavy atom.